The molecule has 0 bridgehead atoms. The van der Waals surface area contributed by atoms with E-state index in [0.717, 1.165) is 15.4 Å². The molecule has 0 radical (unpaired) electrons. The van der Waals surface area contributed by atoms with Crippen LogP contribution in [-0.2, 0) is 0 Å². The summed E-state index contributed by atoms with van der Waals surface area (Å²) in [6.07, 6.45) is 1.55. The minimum Gasteiger partial charge on any atom is -0.255 e. The molecule has 0 N–H and O–H groups in total. The fourth-order valence-corrected chi connectivity index (χ4v) is 1.82. The van der Waals surface area contributed by atoms with Crippen LogP contribution in [0, 0.1) is 0 Å². The molecule has 2 rings (SSSR count). The quantitative estimate of drug-likeness (QED) is 0.699. The van der Waals surface area contributed by atoms with Crippen molar-refractivity contribution in [3.05, 3.63) is 38.9 Å². The number of pyridine rings is 1. The summed E-state index contributed by atoms with van der Waals surface area (Å²) in [6, 6.07) is 5.70. The van der Waals surface area contributed by atoms with Crippen LogP contribution in [0.3, 0.4) is 0 Å². The normalized spacial score (nSPS) is 10.7. The summed E-state index contributed by atoms with van der Waals surface area (Å²) in [5.74, 6) is 0. The second kappa shape index (κ2) is 3.45. The molecule has 0 saturated carbocycles. The Hall–Kier alpha value is -0.310. The molecule has 4 heteroatoms. The molecule has 1 heterocycles. The van der Waals surface area contributed by atoms with Gasteiger partial charge < -0.3 is 0 Å². The Morgan fingerprint density at radius 2 is 2.00 bits per heavy atom. The Balaban J connectivity index is 2.87. The van der Waals surface area contributed by atoms with Gasteiger partial charge in [0.15, 0.2) is 0 Å². The Bertz CT molecular complexity index is 470. The first-order valence-corrected chi connectivity index (χ1v) is 5.12. The van der Waals surface area contributed by atoms with Crippen LogP contribution in [0.15, 0.2) is 28.9 Å². The predicted molar refractivity (Wildman–Crippen MR) is 59.5 cm³/mol. The molecule has 1 nitrogen and oxygen atoms in total. The molecule has 0 fully saturated rings. The molecule has 0 unspecified atom stereocenters. The van der Waals surface area contributed by atoms with Gasteiger partial charge in [0.1, 0.15) is 0 Å². The molecule has 13 heavy (non-hydrogen) atoms. The summed E-state index contributed by atoms with van der Waals surface area (Å²) in [7, 11) is 0. The number of benzene rings is 1. The Morgan fingerprint density at radius 3 is 2.77 bits per heavy atom. The maximum absolute atomic E-state index is 5.99. The van der Waals surface area contributed by atoms with E-state index in [1.54, 1.807) is 6.20 Å². The third kappa shape index (κ3) is 1.66. The smallest absolute Gasteiger partial charge is 0.0782 e. The lowest BCUT2D eigenvalue weighted by molar-refractivity contribution is 1.41. The zero-order valence-electron chi connectivity index (χ0n) is 6.39. The van der Waals surface area contributed by atoms with E-state index >= 15 is 0 Å². The number of aromatic nitrogens is 1. The topological polar surface area (TPSA) is 12.9 Å². The lowest BCUT2D eigenvalue weighted by atomic mass is 10.2. The molecule has 0 aliphatic rings. The molecule has 1 aromatic carbocycles. The average molecular weight is 277 g/mol. The summed E-state index contributed by atoms with van der Waals surface area (Å²) in [6.45, 7) is 0. The van der Waals surface area contributed by atoms with Crippen LogP contribution in [0.1, 0.15) is 0 Å². The molecule has 0 aliphatic carbocycles. The van der Waals surface area contributed by atoms with Crippen molar-refractivity contribution in [1.82, 2.24) is 4.98 Å². The zero-order valence-corrected chi connectivity index (χ0v) is 9.49. The minimum absolute atomic E-state index is 0.483. The fourth-order valence-electron chi connectivity index (χ4n) is 1.11. The van der Waals surface area contributed by atoms with E-state index in [2.05, 4.69) is 20.9 Å². The van der Waals surface area contributed by atoms with Gasteiger partial charge in [-0.1, -0.05) is 45.2 Å². The molecule has 66 valence electrons. The first-order valence-electron chi connectivity index (χ1n) is 3.58. The highest BCUT2D eigenvalue weighted by atomic mass is 79.9. The fraction of sp³-hybridized carbons (Fsp3) is 0. The largest absolute Gasteiger partial charge is 0.255 e. The van der Waals surface area contributed by atoms with E-state index in [-0.39, 0.29) is 0 Å². The lowest BCUT2D eigenvalue weighted by Gasteiger charge is -2.01. The highest BCUT2D eigenvalue weighted by Crippen LogP contribution is 2.30. The lowest BCUT2D eigenvalue weighted by Crippen LogP contribution is -1.80. The van der Waals surface area contributed by atoms with Crippen molar-refractivity contribution in [3.8, 4) is 0 Å². The van der Waals surface area contributed by atoms with Gasteiger partial charge in [0.05, 0.1) is 15.6 Å². The van der Waals surface area contributed by atoms with Gasteiger partial charge in [0.2, 0.25) is 0 Å². The summed E-state index contributed by atoms with van der Waals surface area (Å²) < 4.78 is 0.978. The third-order valence-corrected chi connectivity index (χ3v) is 3.01. The predicted octanol–water partition coefficient (Wildman–Crippen LogP) is 4.30. The van der Waals surface area contributed by atoms with Gasteiger partial charge in [-0.05, 0) is 12.1 Å². The van der Waals surface area contributed by atoms with Crippen LogP contribution in [-0.4, -0.2) is 4.98 Å². The molecule has 1 aromatic heterocycles. The van der Waals surface area contributed by atoms with Crippen molar-refractivity contribution >= 4 is 50.0 Å². The number of fused-ring (bicyclic) bond motifs is 1. The Labute approximate surface area is 93.8 Å². The molecule has 0 aliphatic heterocycles. The van der Waals surface area contributed by atoms with Crippen LogP contribution >= 0.6 is 39.1 Å². The van der Waals surface area contributed by atoms with Gasteiger partial charge in [-0.25, -0.2) is 0 Å². The van der Waals surface area contributed by atoms with Crippen LogP contribution in [0.25, 0.3) is 10.9 Å². The molecule has 0 amide bonds. The number of rotatable bonds is 0. The van der Waals surface area contributed by atoms with E-state index in [0.29, 0.717) is 10.0 Å². The summed E-state index contributed by atoms with van der Waals surface area (Å²) in [5.41, 5.74) is 0.837. The third-order valence-electron chi connectivity index (χ3n) is 1.72. The van der Waals surface area contributed by atoms with Crippen molar-refractivity contribution in [2.75, 3.05) is 0 Å². The van der Waals surface area contributed by atoms with E-state index in [4.69, 9.17) is 23.2 Å². The molecule has 0 atom stereocenters. The summed E-state index contributed by atoms with van der Waals surface area (Å²) in [4.78, 5) is 4.16. The molecule has 2 aromatic rings. The van der Waals surface area contributed by atoms with E-state index in [1.807, 2.05) is 18.2 Å². The van der Waals surface area contributed by atoms with Crippen molar-refractivity contribution in [3.63, 3.8) is 0 Å². The van der Waals surface area contributed by atoms with Crippen LogP contribution in [0.4, 0.5) is 0 Å². The van der Waals surface area contributed by atoms with Crippen molar-refractivity contribution in [1.29, 1.82) is 0 Å². The first-order chi connectivity index (χ1) is 6.18. The minimum atomic E-state index is 0.483. The summed E-state index contributed by atoms with van der Waals surface area (Å²) >= 11 is 15.2. The average Bonchev–Trinajstić information content (AvgIpc) is 2.12. The molecular weight excluding hydrogens is 273 g/mol. The SMILES string of the molecule is Clc1cnc2cc(Br)ccc2c1Cl. The second-order valence-corrected chi connectivity index (χ2v) is 4.28. The summed E-state index contributed by atoms with van der Waals surface area (Å²) in [5, 5.41) is 1.91. The number of hydrogen-bond donors (Lipinski definition) is 0. The van der Waals surface area contributed by atoms with Gasteiger partial charge in [0, 0.05) is 16.1 Å². The maximum atomic E-state index is 5.99. The van der Waals surface area contributed by atoms with Gasteiger partial charge in [0.25, 0.3) is 0 Å². The standard InChI is InChI=1S/C9H4BrCl2N/c10-5-1-2-6-8(3-5)13-4-7(11)9(6)12/h1-4H. The second-order valence-electron chi connectivity index (χ2n) is 2.58. The van der Waals surface area contributed by atoms with Crippen LogP contribution in [0.2, 0.25) is 10.0 Å². The highest BCUT2D eigenvalue weighted by molar-refractivity contribution is 9.10. The van der Waals surface area contributed by atoms with Gasteiger partial charge in [-0.3, -0.25) is 4.98 Å². The number of hydrogen-bond acceptors (Lipinski definition) is 1. The maximum Gasteiger partial charge on any atom is 0.0782 e. The van der Waals surface area contributed by atoms with Crippen LogP contribution in [0.5, 0.6) is 0 Å². The Morgan fingerprint density at radius 1 is 1.23 bits per heavy atom. The molecule has 0 saturated heterocycles. The zero-order chi connectivity index (χ0) is 9.42. The van der Waals surface area contributed by atoms with E-state index in [9.17, 15) is 0 Å². The van der Waals surface area contributed by atoms with Crippen LogP contribution < -0.4 is 0 Å². The van der Waals surface area contributed by atoms with Crippen molar-refractivity contribution in [2.24, 2.45) is 0 Å². The monoisotopic (exact) mass is 275 g/mol. The van der Waals surface area contributed by atoms with Crippen molar-refractivity contribution in [2.45, 2.75) is 0 Å². The first kappa shape index (κ1) is 9.25. The van der Waals surface area contributed by atoms with Gasteiger partial charge in [-0.15, -0.1) is 0 Å². The Kier molecular flexibility index (Phi) is 2.45. The van der Waals surface area contributed by atoms with Crippen molar-refractivity contribution < 1.29 is 0 Å². The molecular formula is C9H4BrCl2N. The number of nitrogens with zero attached hydrogens (tertiary/aromatic N) is 1. The van der Waals surface area contributed by atoms with Gasteiger partial charge in [-0.2, -0.15) is 0 Å². The van der Waals surface area contributed by atoms with E-state index < -0.39 is 0 Å². The highest BCUT2D eigenvalue weighted by Gasteiger charge is 2.04. The van der Waals surface area contributed by atoms with Gasteiger partial charge >= 0.3 is 0 Å². The number of halogens is 3. The van der Waals surface area contributed by atoms with E-state index in [1.165, 1.54) is 0 Å². The molecule has 0 spiro atoms.